The van der Waals surface area contributed by atoms with Gasteiger partial charge in [-0.05, 0) is 65.6 Å². The normalized spacial score (nSPS) is 18.1. The molecule has 3 aliphatic rings. The molecule has 0 radical (unpaired) electrons. The monoisotopic (exact) mass is 762 g/mol. The van der Waals surface area contributed by atoms with Crippen molar-refractivity contribution in [1.29, 1.82) is 0 Å². The molecule has 4 aromatic rings. The topological polar surface area (TPSA) is 157 Å². The van der Waals surface area contributed by atoms with Gasteiger partial charge in [-0.1, -0.05) is 24.3 Å². The van der Waals surface area contributed by atoms with Gasteiger partial charge in [0.15, 0.2) is 9.84 Å². The van der Waals surface area contributed by atoms with Crippen molar-refractivity contribution in [3.63, 3.8) is 0 Å². The van der Waals surface area contributed by atoms with E-state index in [9.17, 15) is 36.0 Å². The predicted octanol–water partition coefficient (Wildman–Crippen LogP) is 4.34. The minimum atomic E-state index is -4.72. The summed E-state index contributed by atoms with van der Waals surface area (Å²) >= 11 is 0. The number of carbonyl (C=O) groups excluding carboxylic acids is 3. The quantitative estimate of drug-likeness (QED) is 0.198. The van der Waals surface area contributed by atoms with Crippen LogP contribution in [0.2, 0.25) is 0 Å². The minimum absolute atomic E-state index is 0.0499. The number of hydrogen-bond donors (Lipinski definition) is 3. The van der Waals surface area contributed by atoms with E-state index in [1.54, 1.807) is 29.2 Å². The van der Waals surface area contributed by atoms with Gasteiger partial charge < -0.3 is 20.4 Å². The average molecular weight is 763 g/mol. The Kier molecular flexibility index (Phi) is 10.0. The molecule has 17 heteroatoms. The first kappa shape index (κ1) is 36.8. The summed E-state index contributed by atoms with van der Waals surface area (Å²) in [7, 11) is -3.49. The van der Waals surface area contributed by atoms with Gasteiger partial charge in [0, 0.05) is 81.6 Å². The van der Waals surface area contributed by atoms with E-state index in [1.165, 1.54) is 18.2 Å². The Morgan fingerprint density at radius 2 is 1.70 bits per heavy atom. The number of halogens is 3. The maximum atomic E-state index is 13.8. The van der Waals surface area contributed by atoms with Crippen LogP contribution in [0, 0.1) is 0 Å². The standard InChI is InChI=1S/C37H37F3N8O5S/c1-54(52,53)27-6-2-4-23(18-27)19-41-33-30(37(38,39)40)20-42-36(45-33)43-25-8-10-26(11-9-25)47-16-14-46(15-17-47)21-24-5-3-7-28-29(24)22-48(35(28)51)31-12-13-32(49)44-34(31)50/h2-11,18,20,31H,12-17,19,21-22H2,1H3,(H,44,49,50)(H2,41,42,43,45). The molecule has 3 amide bonds. The second-order valence-electron chi connectivity index (χ2n) is 13.5. The lowest BCUT2D eigenvalue weighted by Crippen LogP contribution is -2.52. The van der Waals surface area contributed by atoms with Crippen molar-refractivity contribution >= 4 is 50.7 Å². The first-order chi connectivity index (χ1) is 25.7. The molecule has 0 saturated carbocycles. The molecular weight excluding hydrogens is 726 g/mol. The van der Waals surface area contributed by atoms with Crippen molar-refractivity contribution in [2.45, 2.75) is 49.6 Å². The fourth-order valence-electron chi connectivity index (χ4n) is 6.94. The first-order valence-electron chi connectivity index (χ1n) is 17.3. The van der Waals surface area contributed by atoms with E-state index in [4.69, 9.17) is 0 Å². The number of anilines is 4. The number of nitrogens with one attached hydrogen (secondary N) is 3. The van der Waals surface area contributed by atoms with Gasteiger partial charge >= 0.3 is 6.18 Å². The molecule has 1 unspecified atom stereocenters. The second-order valence-corrected chi connectivity index (χ2v) is 15.5. The maximum absolute atomic E-state index is 13.8. The minimum Gasteiger partial charge on any atom is -0.369 e. The predicted molar refractivity (Wildman–Crippen MR) is 194 cm³/mol. The molecule has 282 valence electrons. The van der Waals surface area contributed by atoms with Gasteiger partial charge in [-0.15, -0.1) is 0 Å². The van der Waals surface area contributed by atoms with Crippen LogP contribution in [0.1, 0.15) is 45.5 Å². The lowest BCUT2D eigenvalue weighted by molar-refractivity contribution is -0.138. The number of fused-ring (bicyclic) bond motifs is 1. The van der Waals surface area contributed by atoms with Crippen molar-refractivity contribution in [2.24, 2.45) is 0 Å². The summed E-state index contributed by atoms with van der Waals surface area (Å²) in [4.78, 5) is 51.5. The third-order valence-electron chi connectivity index (χ3n) is 9.81. The lowest BCUT2D eigenvalue weighted by atomic mass is 10.0. The van der Waals surface area contributed by atoms with Gasteiger partial charge in [0.1, 0.15) is 17.4 Å². The number of hydrogen-bond acceptors (Lipinski definition) is 11. The zero-order valence-corrected chi connectivity index (χ0v) is 30.0. The molecule has 0 aliphatic carbocycles. The zero-order valence-electron chi connectivity index (χ0n) is 29.2. The summed E-state index contributed by atoms with van der Waals surface area (Å²) in [6, 6.07) is 18.4. The number of piperidine rings is 1. The van der Waals surface area contributed by atoms with Gasteiger partial charge in [0.05, 0.1) is 4.90 Å². The molecule has 0 bridgehead atoms. The SMILES string of the molecule is CS(=O)(=O)c1cccc(CNc2nc(Nc3ccc(N4CCN(Cc5cccc6c5CN(C5CCC(=O)NC5=O)C6=O)CC4)cc3)ncc2C(F)(F)F)c1. The molecular formula is C37H37F3N8O5S. The summed E-state index contributed by atoms with van der Waals surface area (Å²) in [5, 5.41) is 8.00. The van der Waals surface area contributed by atoms with Gasteiger partial charge in [-0.2, -0.15) is 18.2 Å². The molecule has 0 spiro atoms. The number of amides is 3. The number of nitrogens with zero attached hydrogens (tertiary/aromatic N) is 5. The smallest absolute Gasteiger partial charge is 0.369 e. The zero-order chi connectivity index (χ0) is 38.2. The molecule has 1 atom stereocenters. The van der Waals surface area contributed by atoms with Crippen molar-refractivity contribution in [1.82, 2.24) is 25.1 Å². The van der Waals surface area contributed by atoms with E-state index in [0.717, 1.165) is 49.2 Å². The van der Waals surface area contributed by atoms with Crippen LogP contribution >= 0.6 is 0 Å². The average Bonchev–Trinajstić information content (AvgIpc) is 3.47. The first-order valence-corrected chi connectivity index (χ1v) is 19.2. The molecule has 54 heavy (non-hydrogen) atoms. The number of carbonyl (C=O) groups is 3. The van der Waals surface area contributed by atoms with Crippen LogP contribution in [0.5, 0.6) is 0 Å². The Labute approximate surface area is 309 Å². The Hall–Kier alpha value is -5.55. The molecule has 7 rings (SSSR count). The number of benzene rings is 3. The van der Waals surface area contributed by atoms with Crippen LogP contribution in [0.25, 0.3) is 0 Å². The van der Waals surface area contributed by atoms with E-state index in [-0.39, 0.29) is 35.6 Å². The van der Waals surface area contributed by atoms with E-state index in [0.29, 0.717) is 42.5 Å². The Morgan fingerprint density at radius 1 is 0.963 bits per heavy atom. The highest BCUT2D eigenvalue weighted by atomic mass is 32.2. The van der Waals surface area contributed by atoms with E-state index < -0.39 is 39.3 Å². The van der Waals surface area contributed by atoms with Crippen LogP contribution in [0.3, 0.4) is 0 Å². The van der Waals surface area contributed by atoms with Gasteiger partial charge in [-0.25, -0.2) is 13.4 Å². The Balaban J connectivity index is 0.957. The Bertz CT molecular complexity index is 2210. The van der Waals surface area contributed by atoms with Crippen LogP contribution in [-0.2, 0) is 45.2 Å². The van der Waals surface area contributed by atoms with Crippen LogP contribution in [0.15, 0.2) is 77.8 Å². The molecule has 2 fully saturated rings. The number of rotatable bonds is 10. The van der Waals surface area contributed by atoms with Crippen molar-refractivity contribution in [2.75, 3.05) is 48.0 Å². The largest absolute Gasteiger partial charge is 0.421 e. The highest BCUT2D eigenvalue weighted by Crippen LogP contribution is 2.35. The fraction of sp³-hybridized carbons (Fsp3) is 0.324. The molecule has 2 saturated heterocycles. The summed E-state index contributed by atoms with van der Waals surface area (Å²) in [6.07, 6.45) is -2.45. The van der Waals surface area contributed by atoms with Crippen LogP contribution < -0.4 is 20.9 Å². The highest BCUT2D eigenvalue weighted by Gasteiger charge is 2.40. The third-order valence-corrected chi connectivity index (χ3v) is 10.9. The molecule has 3 aliphatic heterocycles. The summed E-state index contributed by atoms with van der Waals surface area (Å²) in [5.74, 6) is -1.44. The van der Waals surface area contributed by atoms with Gasteiger partial charge in [-0.3, -0.25) is 24.6 Å². The molecule has 3 N–H and O–H groups in total. The van der Waals surface area contributed by atoms with Crippen molar-refractivity contribution in [3.05, 3.63) is 101 Å². The second kappa shape index (κ2) is 14.7. The number of aromatic nitrogens is 2. The van der Waals surface area contributed by atoms with E-state index in [2.05, 4.69) is 35.7 Å². The molecule has 13 nitrogen and oxygen atoms in total. The number of alkyl halides is 3. The summed E-state index contributed by atoms with van der Waals surface area (Å²) in [6.45, 7) is 3.90. The number of sulfone groups is 1. The van der Waals surface area contributed by atoms with Crippen molar-refractivity contribution in [3.8, 4) is 0 Å². The molecule has 3 aromatic carbocycles. The van der Waals surface area contributed by atoms with Crippen molar-refractivity contribution < 1.29 is 36.0 Å². The number of piperazine rings is 1. The highest BCUT2D eigenvalue weighted by molar-refractivity contribution is 7.90. The van der Waals surface area contributed by atoms with Gasteiger partial charge in [0.25, 0.3) is 5.91 Å². The number of imide groups is 1. The van der Waals surface area contributed by atoms with E-state index in [1.807, 2.05) is 24.3 Å². The maximum Gasteiger partial charge on any atom is 0.421 e. The third kappa shape index (κ3) is 8.01. The van der Waals surface area contributed by atoms with Crippen LogP contribution in [0.4, 0.5) is 36.3 Å². The van der Waals surface area contributed by atoms with Gasteiger partial charge in [0.2, 0.25) is 17.8 Å². The fourth-order valence-corrected chi connectivity index (χ4v) is 7.64. The Morgan fingerprint density at radius 3 is 2.41 bits per heavy atom. The molecule has 4 heterocycles. The molecule has 1 aromatic heterocycles. The summed E-state index contributed by atoms with van der Waals surface area (Å²) in [5.41, 5.74) is 3.49. The van der Waals surface area contributed by atoms with E-state index >= 15 is 0 Å². The lowest BCUT2D eigenvalue weighted by Gasteiger charge is -2.36. The summed E-state index contributed by atoms with van der Waals surface area (Å²) < 4.78 is 65.3. The van der Waals surface area contributed by atoms with Crippen LogP contribution in [-0.4, -0.2) is 84.4 Å².